The van der Waals surface area contributed by atoms with Crippen molar-refractivity contribution in [2.24, 2.45) is 34.3 Å². The molecule has 0 aromatic heterocycles. The SMILES string of the molecule is CC(C)(CN)C1CCC2CC1C2(C)C. The van der Waals surface area contributed by atoms with Gasteiger partial charge in [0.15, 0.2) is 0 Å². The molecule has 1 nitrogen and oxygen atoms in total. The minimum Gasteiger partial charge on any atom is -0.330 e. The van der Waals surface area contributed by atoms with E-state index in [1.165, 1.54) is 19.3 Å². The first-order valence-corrected chi connectivity index (χ1v) is 6.09. The molecular weight excluding hydrogens is 170 g/mol. The van der Waals surface area contributed by atoms with E-state index in [-0.39, 0.29) is 0 Å². The minimum atomic E-state index is 0.354. The van der Waals surface area contributed by atoms with E-state index < -0.39 is 0 Å². The first-order valence-electron chi connectivity index (χ1n) is 6.09. The summed E-state index contributed by atoms with van der Waals surface area (Å²) in [5.41, 5.74) is 6.87. The molecule has 0 amide bonds. The Morgan fingerprint density at radius 2 is 1.93 bits per heavy atom. The molecule has 3 fully saturated rings. The van der Waals surface area contributed by atoms with E-state index in [1.54, 1.807) is 0 Å². The summed E-state index contributed by atoms with van der Waals surface area (Å²) in [6.45, 7) is 10.5. The summed E-state index contributed by atoms with van der Waals surface area (Å²) in [7, 11) is 0. The van der Waals surface area contributed by atoms with Crippen LogP contribution in [-0.4, -0.2) is 6.54 Å². The molecular formula is C13H25N. The normalized spacial score (nSPS) is 40.5. The molecule has 2 N–H and O–H groups in total. The molecule has 3 unspecified atom stereocenters. The Kier molecular flexibility index (Phi) is 2.23. The summed E-state index contributed by atoms with van der Waals surface area (Å²) < 4.78 is 0. The molecule has 0 saturated heterocycles. The highest BCUT2D eigenvalue weighted by atomic mass is 14.7. The maximum Gasteiger partial charge on any atom is -0.00231 e. The largest absolute Gasteiger partial charge is 0.330 e. The number of fused-ring (bicyclic) bond motifs is 2. The molecule has 3 atom stereocenters. The fraction of sp³-hybridized carbons (Fsp3) is 1.00. The molecule has 0 aromatic carbocycles. The molecule has 0 radical (unpaired) electrons. The van der Waals surface area contributed by atoms with Crippen molar-refractivity contribution in [3.63, 3.8) is 0 Å². The lowest BCUT2D eigenvalue weighted by molar-refractivity contribution is -0.135. The predicted octanol–water partition coefficient (Wildman–Crippen LogP) is 3.04. The van der Waals surface area contributed by atoms with Crippen molar-refractivity contribution in [1.29, 1.82) is 0 Å². The Morgan fingerprint density at radius 3 is 2.36 bits per heavy atom. The van der Waals surface area contributed by atoms with Crippen LogP contribution in [0.15, 0.2) is 0 Å². The standard InChI is InChI=1S/C13H25N/c1-12(2,8-14)10-6-5-9-7-11(10)13(9,3)4/h9-11H,5-8,14H2,1-4H3. The van der Waals surface area contributed by atoms with Crippen LogP contribution < -0.4 is 5.73 Å². The highest BCUT2D eigenvalue weighted by Gasteiger charge is 2.56. The van der Waals surface area contributed by atoms with E-state index in [0.717, 1.165) is 24.3 Å². The highest BCUT2D eigenvalue weighted by Crippen LogP contribution is 2.64. The van der Waals surface area contributed by atoms with Crippen LogP contribution in [0.25, 0.3) is 0 Å². The molecule has 0 aromatic rings. The molecule has 82 valence electrons. The summed E-state index contributed by atoms with van der Waals surface area (Å²) in [4.78, 5) is 0. The molecule has 0 heterocycles. The van der Waals surface area contributed by atoms with Gasteiger partial charge in [0.25, 0.3) is 0 Å². The van der Waals surface area contributed by atoms with Crippen LogP contribution in [0.4, 0.5) is 0 Å². The number of rotatable bonds is 2. The molecule has 0 aliphatic heterocycles. The van der Waals surface area contributed by atoms with Crippen molar-refractivity contribution >= 4 is 0 Å². The average Bonchev–Trinajstić information content (AvgIpc) is 2.17. The summed E-state index contributed by atoms with van der Waals surface area (Å²) in [6, 6.07) is 0. The zero-order chi connectivity index (χ0) is 10.6. The molecule has 3 aliphatic rings. The molecule has 3 aliphatic carbocycles. The average molecular weight is 195 g/mol. The van der Waals surface area contributed by atoms with Crippen LogP contribution in [0.2, 0.25) is 0 Å². The molecule has 14 heavy (non-hydrogen) atoms. The van der Waals surface area contributed by atoms with Crippen LogP contribution in [0.5, 0.6) is 0 Å². The van der Waals surface area contributed by atoms with Crippen molar-refractivity contribution in [1.82, 2.24) is 0 Å². The van der Waals surface area contributed by atoms with Crippen LogP contribution in [-0.2, 0) is 0 Å². The van der Waals surface area contributed by atoms with Gasteiger partial charge < -0.3 is 5.73 Å². The van der Waals surface area contributed by atoms with Crippen LogP contribution in [0.3, 0.4) is 0 Å². The van der Waals surface area contributed by atoms with Gasteiger partial charge in [-0.2, -0.15) is 0 Å². The van der Waals surface area contributed by atoms with Gasteiger partial charge in [0.1, 0.15) is 0 Å². The van der Waals surface area contributed by atoms with Gasteiger partial charge in [0.2, 0.25) is 0 Å². The summed E-state index contributed by atoms with van der Waals surface area (Å²) >= 11 is 0. The zero-order valence-corrected chi connectivity index (χ0v) is 10.1. The number of nitrogens with two attached hydrogens (primary N) is 1. The molecule has 0 spiro atoms. The smallest absolute Gasteiger partial charge is 0.00231 e. The van der Waals surface area contributed by atoms with Gasteiger partial charge in [0, 0.05) is 0 Å². The summed E-state index contributed by atoms with van der Waals surface area (Å²) in [5.74, 6) is 2.82. The fourth-order valence-electron chi connectivity index (χ4n) is 3.90. The minimum absolute atomic E-state index is 0.354. The highest BCUT2D eigenvalue weighted by molar-refractivity contribution is 5.06. The molecule has 3 saturated carbocycles. The van der Waals surface area contributed by atoms with E-state index in [4.69, 9.17) is 5.73 Å². The quantitative estimate of drug-likeness (QED) is 0.720. The first kappa shape index (κ1) is 10.5. The van der Waals surface area contributed by atoms with Crippen molar-refractivity contribution in [2.45, 2.75) is 47.0 Å². The zero-order valence-electron chi connectivity index (χ0n) is 10.1. The number of hydrogen-bond donors (Lipinski definition) is 1. The van der Waals surface area contributed by atoms with Crippen molar-refractivity contribution < 1.29 is 0 Å². The Hall–Kier alpha value is -0.0400. The first-order chi connectivity index (χ1) is 6.39. The second kappa shape index (κ2) is 2.98. The topological polar surface area (TPSA) is 26.0 Å². The van der Waals surface area contributed by atoms with Crippen molar-refractivity contribution in [3.05, 3.63) is 0 Å². The monoisotopic (exact) mass is 195 g/mol. The lowest BCUT2D eigenvalue weighted by atomic mass is 9.42. The van der Waals surface area contributed by atoms with Crippen LogP contribution >= 0.6 is 0 Å². The van der Waals surface area contributed by atoms with E-state index in [9.17, 15) is 0 Å². The van der Waals surface area contributed by atoms with Crippen molar-refractivity contribution in [2.75, 3.05) is 6.54 Å². The third-order valence-electron chi connectivity index (χ3n) is 5.39. The van der Waals surface area contributed by atoms with Crippen LogP contribution in [0, 0.1) is 28.6 Å². The van der Waals surface area contributed by atoms with Gasteiger partial charge in [-0.05, 0) is 54.4 Å². The second-order valence-corrected chi connectivity index (χ2v) is 6.74. The number of hydrogen-bond acceptors (Lipinski definition) is 1. The lowest BCUT2D eigenvalue weighted by Gasteiger charge is -2.63. The molecule has 2 bridgehead atoms. The summed E-state index contributed by atoms with van der Waals surface area (Å²) in [6.07, 6.45) is 4.33. The van der Waals surface area contributed by atoms with Gasteiger partial charge in [-0.25, -0.2) is 0 Å². The molecule has 3 rings (SSSR count). The van der Waals surface area contributed by atoms with Crippen molar-refractivity contribution in [3.8, 4) is 0 Å². The van der Waals surface area contributed by atoms with E-state index in [2.05, 4.69) is 27.7 Å². The Bertz CT molecular complexity index is 227. The van der Waals surface area contributed by atoms with Crippen LogP contribution in [0.1, 0.15) is 47.0 Å². The Morgan fingerprint density at radius 1 is 1.29 bits per heavy atom. The molecule has 1 heteroatoms. The van der Waals surface area contributed by atoms with E-state index >= 15 is 0 Å². The Labute approximate surface area is 88.4 Å². The Balaban J connectivity index is 2.15. The van der Waals surface area contributed by atoms with Gasteiger partial charge in [-0.15, -0.1) is 0 Å². The third kappa shape index (κ3) is 1.25. The third-order valence-corrected chi connectivity index (χ3v) is 5.39. The maximum absolute atomic E-state index is 5.91. The summed E-state index contributed by atoms with van der Waals surface area (Å²) in [5, 5.41) is 0. The van der Waals surface area contributed by atoms with Gasteiger partial charge >= 0.3 is 0 Å². The lowest BCUT2D eigenvalue weighted by Crippen LogP contribution is -2.56. The fourth-order valence-corrected chi connectivity index (χ4v) is 3.90. The van der Waals surface area contributed by atoms with Gasteiger partial charge in [-0.1, -0.05) is 27.7 Å². The predicted molar refractivity (Wildman–Crippen MR) is 60.9 cm³/mol. The van der Waals surface area contributed by atoms with Gasteiger partial charge in [0.05, 0.1) is 0 Å². The second-order valence-electron chi connectivity index (χ2n) is 6.74. The maximum atomic E-state index is 5.91. The van der Waals surface area contributed by atoms with E-state index in [1.807, 2.05) is 0 Å². The van der Waals surface area contributed by atoms with Gasteiger partial charge in [-0.3, -0.25) is 0 Å². The van der Waals surface area contributed by atoms with E-state index in [0.29, 0.717) is 10.8 Å².